The number of benzene rings is 4. The minimum atomic E-state index is -0.134. The maximum absolute atomic E-state index is 10.1. The van der Waals surface area contributed by atoms with Gasteiger partial charge in [-0.1, -0.05) is 166 Å². The normalized spacial score (nSPS) is 19.3. The van der Waals surface area contributed by atoms with Crippen LogP contribution in [0, 0.1) is 35.5 Å². The van der Waals surface area contributed by atoms with Gasteiger partial charge in [0.15, 0.2) is 11.3 Å². The van der Waals surface area contributed by atoms with Crippen molar-refractivity contribution in [1.29, 1.82) is 0 Å². The molecule has 4 aromatic carbocycles. The fraction of sp³-hybridized carbons (Fsp3) is 0.314. The molecule has 32 heteroatoms. The van der Waals surface area contributed by atoms with Crippen LogP contribution in [0.25, 0.3) is 67.4 Å². The third-order valence-corrected chi connectivity index (χ3v) is 33.4. The molecule has 24 nitrogen and oxygen atoms in total. The van der Waals surface area contributed by atoms with Crippen LogP contribution in [0.15, 0.2) is 208 Å². The summed E-state index contributed by atoms with van der Waals surface area (Å²) >= 11 is 51.3. The van der Waals surface area contributed by atoms with Crippen LogP contribution < -0.4 is 42.5 Å². The van der Waals surface area contributed by atoms with E-state index in [2.05, 4.69) is 113 Å². The number of aromatic nitrogens is 14. The van der Waals surface area contributed by atoms with E-state index in [0.717, 1.165) is 237 Å². The summed E-state index contributed by atoms with van der Waals surface area (Å²) in [5.74, 6) is 4.10. The lowest BCUT2D eigenvalue weighted by Crippen LogP contribution is -2.45. The molecule has 684 valence electrons. The van der Waals surface area contributed by atoms with E-state index >= 15 is 0 Å². The number of hydrogen-bond acceptors (Lipinski definition) is 20. The first-order valence-corrected chi connectivity index (χ1v) is 48.4. The van der Waals surface area contributed by atoms with E-state index in [1.807, 2.05) is 139 Å². The van der Waals surface area contributed by atoms with Crippen LogP contribution in [-0.2, 0) is 38.9 Å². The van der Waals surface area contributed by atoms with Gasteiger partial charge in [0.05, 0.1) is 89.6 Å². The second-order valence-electron chi connectivity index (χ2n) is 37.0. The van der Waals surface area contributed by atoms with Crippen molar-refractivity contribution in [3.05, 3.63) is 316 Å². The Morgan fingerprint density at radius 1 is 0.321 bits per heavy atom. The molecule has 134 heavy (non-hydrogen) atoms. The molecule has 0 amide bonds. The topological polar surface area (TPSA) is 304 Å². The van der Waals surface area contributed by atoms with Crippen molar-refractivity contribution in [3.63, 3.8) is 0 Å². The smallest absolute Gasteiger partial charge is 0.165 e. The lowest BCUT2D eigenvalue weighted by Gasteiger charge is -2.43. The molecule has 4 atom stereocenters. The molecule has 0 bridgehead atoms. The van der Waals surface area contributed by atoms with Crippen LogP contribution in [-0.4, -0.2) is 130 Å². The summed E-state index contributed by atoms with van der Waals surface area (Å²) in [5.41, 5.74) is 49.9. The van der Waals surface area contributed by atoms with Gasteiger partial charge in [0.1, 0.15) is 46.0 Å². The number of aliphatic hydroxyl groups is 2. The van der Waals surface area contributed by atoms with Gasteiger partial charge in [0.25, 0.3) is 0 Å². The van der Waals surface area contributed by atoms with E-state index < -0.39 is 0 Å². The molecule has 0 unspecified atom stereocenters. The van der Waals surface area contributed by atoms with E-state index in [0.29, 0.717) is 62.8 Å². The molecule has 4 aliphatic heterocycles. The number of aliphatic hydroxyl groups excluding tert-OH is 2. The first kappa shape index (κ1) is 89.9. The first-order valence-electron chi connectivity index (χ1n) is 45.4. The number of hydrogen-bond donors (Lipinski definition) is 6. The van der Waals surface area contributed by atoms with Crippen molar-refractivity contribution in [2.24, 2.45) is 44.6 Å². The zero-order valence-electron chi connectivity index (χ0n) is 73.8. The fourth-order valence-corrected chi connectivity index (χ4v) is 24.3. The van der Waals surface area contributed by atoms with Crippen molar-refractivity contribution in [1.82, 2.24) is 67.4 Å². The molecule has 4 spiro atoms. The van der Waals surface area contributed by atoms with Gasteiger partial charge >= 0.3 is 0 Å². The summed E-state index contributed by atoms with van der Waals surface area (Å²) in [7, 11) is 0. The molecule has 0 radical (unpaired) electrons. The van der Waals surface area contributed by atoms with E-state index in [-0.39, 0.29) is 59.0 Å². The average Bonchev–Trinajstić information content (AvgIpc) is 1.69. The Labute approximate surface area is 815 Å². The zero-order valence-corrected chi connectivity index (χ0v) is 79.8. The van der Waals surface area contributed by atoms with Crippen LogP contribution in [0.3, 0.4) is 0 Å². The second-order valence-corrected chi connectivity index (χ2v) is 40.1. The lowest BCUT2D eigenvalue weighted by atomic mass is 9.73. The number of nitrogens with two attached hydrogens (primary N) is 4. The molecule has 16 aromatic rings. The van der Waals surface area contributed by atoms with Gasteiger partial charge in [0, 0.05) is 182 Å². The van der Waals surface area contributed by atoms with E-state index in [1.165, 1.54) is 27.9 Å². The van der Waals surface area contributed by atoms with Gasteiger partial charge < -0.3 is 52.7 Å². The van der Waals surface area contributed by atoms with Gasteiger partial charge in [-0.15, -0.1) is 0 Å². The number of halogens is 8. The number of aryl methyl sites for hydroxylation is 2. The van der Waals surface area contributed by atoms with Crippen molar-refractivity contribution < 1.29 is 10.2 Å². The number of fused-ring (bicyclic) bond motifs is 8. The molecule has 4 fully saturated rings. The summed E-state index contributed by atoms with van der Waals surface area (Å²) in [6, 6.07) is 43.4. The minimum Gasteiger partial charge on any atom is -0.390 e. The minimum absolute atomic E-state index is 0.00471. The number of nitrogens with zero attached hydrogens (tertiary/aromatic N) is 18. The van der Waals surface area contributed by atoms with E-state index in [4.69, 9.17) is 136 Å². The molecule has 4 aliphatic carbocycles. The Bertz CT molecular complexity index is 7230. The average molecular weight is 1950 g/mol. The number of anilines is 4. The van der Waals surface area contributed by atoms with Crippen LogP contribution >= 0.6 is 92.8 Å². The van der Waals surface area contributed by atoms with Crippen molar-refractivity contribution >= 4 is 139 Å². The molecule has 24 rings (SSSR count). The Kier molecular flexibility index (Phi) is 24.2. The number of pyridine rings is 6. The maximum atomic E-state index is 10.1. The first-order chi connectivity index (χ1) is 65.0. The highest BCUT2D eigenvalue weighted by atomic mass is 35.5. The Morgan fingerprint density at radius 2 is 0.634 bits per heavy atom. The van der Waals surface area contributed by atoms with Gasteiger partial charge in [-0.3, -0.25) is 37.5 Å². The van der Waals surface area contributed by atoms with Gasteiger partial charge in [-0.25, -0.2) is 29.9 Å². The van der Waals surface area contributed by atoms with Gasteiger partial charge in [-0.05, 0) is 207 Å². The molecule has 0 saturated carbocycles. The summed E-state index contributed by atoms with van der Waals surface area (Å²) in [6.45, 7) is 11.1. The van der Waals surface area contributed by atoms with Crippen molar-refractivity contribution in [3.8, 4) is 44.8 Å². The number of rotatable bonds is 10. The fourth-order valence-electron chi connectivity index (χ4n) is 22.7. The zero-order chi connectivity index (χ0) is 92.4. The third-order valence-electron chi connectivity index (χ3n) is 30.1. The van der Waals surface area contributed by atoms with Crippen LogP contribution in [0.1, 0.15) is 143 Å². The van der Waals surface area contributed by atoms with Gasteiger partial charge in [0.2, 0.25) is 0 Å². The summed E-state index contributed by atoms with van der Waals surface area (Å²) in [4.78, 5) is 56.0. The highest BCUT2D eigenvalue weighted by Crippen LogP contribution is 2.56. The summed E-state index contributed by atoms with van der Waals surface area (Å²) < 4.78 is 8.29. The Morgan fingerprint density at radius 3 is 1.03 bits per heavy atom. The lowest BCUT2D eigenvalue weighted by molar-refractivity contribution is 0.186. The number of imidazole rings is 4. The highest BCUT2D eigenvalue weighted by molar-refractivity contribution is 6.45. The molecule has 4 saturated heterocycles. The maximum Gasteiger partial charge on any atom is 0.165 e. The Balaban J connectivity index is 0.000000107. The van der Waals surface area contributed by atoms with Crippen molar-refractivity contribution in [2.75, 3.05) is 72.0 Å². The van der Waals surface area contributed by atoms with Crippen molar-refractivity contribution in [2.45, 2.75) is 128 Å². The summed E-state index contributed by atoms with van der Waals surface area (Å²) in [6.07, 6.45) is 34.1. The standard InChI is InChI=1S/C27H27Cl2N5O.C26H25Cl2N5.C25H24Cl2N6O.C24H22Cl2N6/c1-16-12-22(33-10-7-27(8-11-33)13-21-18(25(27)30)5-3-9-31-21)34-17(15-35)14-32-26(34)23(16)19-4-2-6-20(28)24(19)29;1-16-14-21(33-13-10-31-25(33)22(16)18-4-2-6-19(27)23(18)28)32-11-7-26(8-12-32)15-20-17(24(26)29)5-3-9-30-20;26-18-5-1-3-17(21(18)27)22-24-31-12-15(14-34)33(24)20(13-30-22)32-9-6-25(7-10-32)11-19-16(23(25)28)4-2-8-29-19;25-17-5-1-3-16(20(17)26)21-23-29-9-12-32(23)19(14-30-21)31-10-6-24(7-11-31)13-18-15(22(24)27)4-2-8-28-18/h2-6,9,12,14,25,35H,7-8,10-11,13,15,30H2,1H3;2-6,9-10,13-14,24H,7-8,11-12,15,29H2,1H3;1-5,8,12-13,23,34H,6-7,9-11,14,28H2;1-5,8-9,12,14,22H,6-7,10-11,13,27H2/t25-;24-;23-;22-/m1111/s1. The largest absolute Gasteiger partial charge is 0.390 e. The van der Waals surface area contributed by atoms with Crippen LogP contribution in [0.2, 0.25) is 40.2 Å². The second kappa shape index (κ2) is 36.1. The van der Waals surface area contributed by atoms with E-state index in [9.17, 15) is 10.2 Å². The molecule has 12 aromatic heterocycles. The summed E-state index contributed by atoms with van der Waals surface area (Å²) in [5, 5.41) is 24.2. The highest BCUT2D eigenvalue weighted by Gasteiger charge is 2.51. The van der Waals surface area contributed by atoms with Crippen LogP contribution in [0.5, 0.6) is 0 Å². The Hall–Kier alpha value is -10.6. The SMILES string of the molecule is Cc1cc(N2CCC3(CC2)Cc2ncccc2[C@H]3N)n2c(CO)cnc2c1-c1cccc(Cl)c1Cl.Cc1cc(N2CCC3(CC2)Cc2ncccc2[C@H]3N)n2ccnc2c1-c1cccc(Cl)c1Cl.N[C@@H]1c2cccnc2CC12CCN(c1cnc(-c3cccc(Cl)c3Cl)c3ncc(CO)n13)CC2.N[C@@H]1c2cccnc2CC12CCN(c1cnc(-c3cccc(Cl)c3Cl)c3nccn13)CC2. The molecular weight excluding hydrogens is 1850 g/mol. The van der Waals surface area contributed by atoms with Gasteiger partial charge in [-0.2, -0.15) is 0 Å². The molecule has 8 aliphatic rings. The molecule has 16 heterocycles. The monoisotopic (exact) mass is 1940 g/mol. The predicted octanol–water partition coefficient (Wildman–Crippen LogP) is 20.6. The number of piperidine rings is 4. The quantitative estimate of drug-likeness (QED) is 0.0741. The third kappa shape index (κ3) is 15.5. The molecular formula is C102H98Cl8N22O2. The van der Waals surface area contributed by atoms with E-state index in [1.54, 1.807) is 36.8 Å². The van der Waals surface area contributed by atoms with Crippen LogP contribution in [0.4, 0.5) is 23.3 Å². The predicted molar refractivity (Wildman–Crippen MR) is 534 cm³/mol. The molecule has 10 N–H and O–H groups in total.